The van der Waals surface area contributed by atoms with E-state index in [0.29, 0.717) is 11.3 Å². The zero-order valence-corrected chi connectivity index (χ0v) is 6.99. The standard InChI is InChI=1S/C8H12N2O2/c1-3-8(6-10(11)12)5-4-7(2)9/h3-5H,2,6,9H2,1H3/b5-4-,8-3+. The first-order valence-corrected chi connectivity index (χ1v) is 3.45. The van der Waals surface area contributed by atoms with Gasteiger partial charge in [-0.3, -0.25) is 10.1 Å². The summed E-state index contributed by atoms with van der Waals surface area (Å²) in [5.41, 5.74) is 6.25. The molecule has 0 heterocycles. The van der Waals surface area contributed by atoms with Crippen LogP contribution in [0.25, 0.3) is 0 Å². The van der Waals surface area contributed by atoms with E-state index in [4.69, 9.17) is 5.73 Å². The molecule has 0 saturated carbocycles. The van der Waals surface area contributed by atoms with Crippen LogP contribution < -0.4 is 5.73 Å². The van der Waals surface area contributed by atoms with Gasteiger partial charge in [0.25, 0.3) is 0 Å². The summed E-state index contributed by atoms with van der Waals surface area (Å²) in [4.78, 5) is 9.70. The molecule has 0 saturated heterocycles. The summed E-state index contributed by atoms with van der Waals surface area (Å²) in [5, 5.41) is 10.1. The highest BCUT2D eigenvalue weighted by atomic mass is 16.6. The van der Waals surface area contributed by atoms with E-state index >= 15 is 0 Å². The summed E-state index contributed by atoms with van der Waals surface area (Å²) >= 11 is 0. The van der Waals surface area contributed by atoms with Crippen molar-refractivity contribution in [3.05, 3.63) is 46.2 Å². The van der Waals surface area contributed by atoms with E-state index in [2.05, 4.69) is 6.58 Å². The molecule has 0 fully saturated rings. The van der Waals surface area contributed by atoms with Crippen LogP contribution in [-0.4, -0.2) is 11.5 Å². The van der Waals surface area contributed by atoms with Gasteiger partial charge in [-0.25, -0.2) is 0 Å². The van der Waals surface area contributed by atoms with Crippen molar-refractivity contribution < 1.29 is 4.92 Å². The molecule has 12 heavy (non-hydrogen) atoms. The van der Waals surface area contributed by atoms with Crippen molar-refractivity contribution in [3.63, 3.8) is 0 Å². The van der Waals surface area contributed by atoms with Crippen LogP contribution in [0.5, 0.6) is 0 Å². The molecule has 2 N–H and O–H groups in total. The molecule has 0 rings (SSSR count). The summed E-state index contributed by atoms with van der Waals surface area (Å²) in [6.45, 7) is 4.99. The Hall–Kier alpha value is -1.58. The Bertz CT molecular complexity index is 241. The van der Waals surface area contributed by atoms with E-state index in [0.717, 1.165) is 0 Å². The summed E-state index contributed by atoms with van der Waals surface area (Å²) in [5.74, 6) is 0. The molecule has 0 aliphatic carbocycles. The van der Waals surface area contributed by atoms with E-state index in [1.54, 1.807) is 25.2 Å². The molecular formula is C8H12N2O2. The molecule has 0 radical (unpaired) electrons. The fourth-order valence-electron chi connectivity index (χ4n) is 0.603. The first-order valence-electron chi connectivity index (χ1n) is 3.45. The lowest BCUT2D eigenvalue weighted by Crippen LogP contribution is -2.02. The predicted molar refractivity (Wildman–Crippen MR) is 48.1 cm³/mol. The highest BCUT2D eigenvalue weighted by molar-refractivity contribution is 5.24. The van der Waals surface area contributed by atoms with E-state index in [9.17, 15) is 10.1 Å². The third-order valence-electron chi connectivity index (χ3n) is 1.19. The first-order chi connectivity index (χ1) is 5.56. The third-order valence-corrected chi connectivity index (χ3v) is 1.19. The van der Waals surface area contributed by atoms with Crippen molar-refractivity contribution in [1.82, 2.24) is 0 Å². The maximum absolute atomic E-state index is 10.1. The van der Waals surface area contributed by atoms with E-state index in [-0.39, 0.29) is 11.5 Å². The van der Waals surface area contributed by atoms with Gasteiger partial charge in [0, 0.05) is 16.2 Å². The zero-order chi connectivity index (χ0) is 9.56. The number of rotatable bonds is 4. The zero-order valence-electron chi connectivity index (χ0n) is 6.99. The lowest BCUT2D eigenvalue weighted by Gasteiger charge is -1.93. The molecule has 4 heteroatoms. The van der Waals surface area contributed by atoms with Gasteiger partial charge < -0.3 is 5.73 Å². The second-order valence-electron chi connectivity index (χ2n) is 2.26. The molecule has 0 aromatic carbocycles. The summed E-state index contributed by atoms with van der Waals surface area (Å²) in [6.07, 6.45) is 4.80. The van der Waals surface area contributed by atoms with Gasteiger partial charge >= 0.3 is 0 Å². The predicted octanol–water partition coefficient (Wildman–Crippen LogP) is 1.24. The molecule has 0 atom stereocenters. The van der Waals surface area contributed by atoms with Crippen LogP contribution >= 0.6 is 0 Å². The Labute approximate surface area is 71.2 Å². The summed E-state index contributed by atoms with van der Waals surface area (Å²) in [6, 6.07) is 0. The topological polar surface area (TPSA) is 69.2 Å². The number of allylic oxidation sites excluding steroid dienone is 2. The van der Waals surface area contributed by atoms with Crippen molar-refractivity contribution in [1.29, 1.82) is 0 Å². The van der Waals surface area contributed by atoms with Crippen molar-refractivity contribution in [2.45, 2.75) is 6.92 Å². The summed E-state index contributed by atoms with van der Waals surface area (Å²) < 4.78 is 0. The lowest BCUT2D eigenvalue weighted by molar-refractivity contribution is -0.470. The number of hydrogen-bond donors (Lipinski definition) is 1. The van der Waals surface area contributed by atoms with Crippen LogP contribution in [0.15, 0.2) is 36.1 Å². The van der Waals surface area contributed by atoms with Crippen LogP contribution in [0, 0.1) is 10.1 Å². The van der Waals surface area contributed by atoms with Gasteiger partial charge in [0.1, 0.15) is 0 Å². The normalized spacial score (nSPS) is 11.9. The Morgan fingerprint density at radius 3 is 2.58 bits per heavy atom. The number of nitrogens with two attached hydrogens (primary N) is 1. The summed E-state index contributed by atoms with van der Waals surface area (Å²) in [7, 11) is 0. The van der Waals surface area contributed by atoms with Crippen LogP contribution in [0.2, 0.25) is 0 Å². The molecule has 0 unspecified atom stereocenters. The number of nitrogens with zero attached hydrogens (tertiary/aromatic N) is 1. The van der Waals surface area contributed by atoms with Gasteiger partial charge in [-0.15, -0.1) is 0 Å². The van der Waals surface area contributed by atoms with Crippen molar-refractivity contribution in [2.75, 3.05) is 6.54 Å². The third kappa shape index (κ3) is 5.22. The highest BCUT2D eigenvalue weighted by Crippen LogP contribution is 1.98. The van der Waals surface area contributed by atoms with Crippen molar-refractivity contribution >= 4 is 0 Å². The molecule has 0 aromatic rings. The first kappa shape index (κ1) is 10.4. The van der Waals surface area contributed by atoms with E-state index in [1.807, 2.05) is 0 Å². The number of hydrogen-bond acceptors (Lipinski definition) is 3. The molecule has 4 nitrogen and oxygen atoms in total. The smallest absolute Gasteiger partial charge is 0.228 e. The molecule has 0 amide bonds. The molecule has 0 spiro atoms. The molecule has 0 aliphatic rings. The average Bonchev–Trinajstić information content (AvgIpc) is 1.97. The van der Waals surface area contributed by atoms with Gasteiger partial charge in [-0.2, -0.15) is 0 Å². The monoisotopic (exact) mass is 168 g/mol. The Morgan fingerprint density at radius 2 is 2.25 bits per heavy atom. The van der Waals surface area contributed by atoms with Crippen LogP contribution in [0.1, 0.15) is 6.92 Å². The van der Waals surface area contributed by atoms with Gasteiger partial charge in [0.05, 0.1) is 0 Å². The lowest BCUT2D eigenvalue weighted by atomic mass is 10.2. The molecule has 0 bridgehead atoms. The quantitative estimate of drug-likeness (QED) is 0.390. The van der Waals surface area contributed by atoms with E-state index < -0.39 is 0 Å². The highest BCUT2D eigenvalue weighted by Gasteiger charge is 1.98. The van der Waals surface area contributed by atoms with Crippen molar-refractivity contribution in [2.24, 2.45) is 5.73 Å². The second-order valence-corrected chi connectivity index (χ2v) is 2.26. The Kier molecular flexibility index (Phi) is 4.45. The maximum atomic E-state index is 10.1. The SMILES string of the molecule is C=C(N)/C=C\C(=C/C)C[N+](=O)[O-]. The van der Waals surface area contributed by atoms with Gasteiger partial charge in [-0.05, 0) is 13.0 Å². The Morgan fingerprint density at radius 1 is 1.67 bits per heavy atom. The molecule has 66 valence electrons. The maximum Gasteiger partial charge on any atom is 0.228 e. The number of nitro groups is 1. The second kappa shape index (κ2) is 5.12. The fourth-order valence-corrected chi connectivity index (χ4v) is 0.603. The van der Waals surface area contributed by atoms with Crippen molar-refractivity contribution in [3.8, 4) is 0 Å². The minimum atomic E-state index is -0.390. The van der Waals surface area contributed by atoms with Gasteiger partial charge in [0.15, 0.2) is 0 Å². The molecule has 0 aromatic heterocycles. The van der Waals surface area contributed by atoms with Crippen LogP contribution in [-0.2, 0) is 0 Å². The van der Waals surface area contributed by atoms with E-state index in [1.165, 1.54) is 0 Å². The van der Waals surface area contributed by atoms with Crippen LogP contribution in [0.3, 0.4) is 0 Å². The minimum Gasteiger partial charge on any atom is -0.399 e. The molecule has 0 aliphatic heterocycles. The average molecular weight is 168 g/mol. The van der Waals surface area contributed by atoms with Gasteiger partial charge in [0.2, 0.25) is 6.54 Å². The van der Waals surface area contributed by atoms with Crippen LogP contribution in [0.4, 0.5) is 0 Å². The Balaban J connectivity index is 4.20. The minimum absolute atomic E-state index is 0.180. The fraction of sp³-hybridized carbons (Fsp3) is 0.250. The molecular weight excluding hydrogens is 156 g/mol. The van der Waals surface area contributed by atoms with Gasteiger partial charge in [-0.1, -0.05) is 18.7 Å². The largest absolute Gasteiger partial charge is 0.399 e.